The fourth-order valence-electron chi connectivity index (χ4n) is 3.10. The number of carbonyl (C=O) groups is 2. The average Bonchev–Trinajstić information content (AvgIpc) is 3.00. The number of rotatable bonds is 2. The molecule has 0 fully saturated rings. The van der Waals surface area contributed by atoms with Crippen LogP contribution in [-0.2, 0) is 19.5 Å². The number of aromatic nitrogens is 2. The molecule has 2 aliphatic rings. The number of hydrogen-bond acceptors (Lipinski definition) is 4. The summed E-state index contributed by atoms with van der Waals surface area (Å²) >= 11 is 0. The highest BCUT2D eigenvalue weighted by Crippen LogP contribution is 2.24. The maximum atomic E-state index is 14.3. The molecule has 0 aliphatic carbocycles. The van der Waals surface area contributed by atoms with Crippen LogP contribution in [0.15, 0.2) is 18.5 Å². The van der Waals surface area contributed by atoms with Crippen LogP contribution in [-0.4, -0.2) is 34.5 Å². The lowest BCUT2D eigenvalue weighted by Crippen LogP contribution is -2.32. The van der Waals surface area contributed by atoms with E-state index in [4.69, 9.17) is 0 Å². The van der Waals surface area contributed by atoms with E-state index in [1.165, 1.54) is 12.1 Å². The lowest BCUT2D eigenvalue weighted by Gasteiger charge is -2.18. The minimum absolute atomic E-state index is 0.0127. The van der Waals surface area contributed by atoms with Crippen molar-refractivity contribution in [2.45, 2.75) is 19.5 Å². The van der Waals surface area contributed by atoms with Crippen molar-refractivity contribution < 1.29 is 14.0 Å². The molecule has 8 heteroatoms. The third-order valence-electron chi connectivity index (χ3n) is 4.35. The molecule has 0 bridgehead atoms. The number of halogens is 1. The summed E-state index contributed by atoms with van der Waals surface area (Å²) in [5, 5.41) is 8.42. The molecular formula is C16H16FN5O2. The predicted octanol–water partition coefficient (Wildman–Crippen LogP) is 0.664. The van der Waals surface area contributed by atoms with Crippen molar-refractivity contribution in [2.75, 3.05) is 18.4 Å². The summed E-state index contributed by atoms with van der Waals surface area (Å²) in [6.07, 6.45) is 2.19. The van der Waals surface area contributed by atoms with Crippen molar-refractivity contribution in [3.63, 3.8) is 0 Å². The molecule has 1 aromatic carbocycles. The summed E-state index contributed by atoms with van der Waals surface area (Å²) in [6, 6.07) is 2.70. The SMILES string of the molecule is O=C1NCCc2cc(F)c(NC(=O)c3ncn4c3CNCC4)cc21. The van der Waals surface area contributed by atoms with Gasteiger partial charge >= 0.3 is 0 Å². The van der Waals surface area contributed by atoms with Gasteiger partial charge in [0.25, 0.3) is 11.8 Å². The molecular weight excluding hydrogens is 313 g/mol. The molecule has 7 nitrogen and oxygen atoms in total. The summed E-state index contributed by atoms with van der Waals surface area (Å²) in [7, 11) is 0. The predicted molar refractivity (Wildman–Crippen MR) is 84.3 cm³/mol. The fourth-order valence-corrected chi connectivity index (χ4v) is 3.10. The van der Waals surface area contributed by atoms with Gasteiger partial charge < -0.3 is 20.5 Å². The molecule has 0 radical (unpaired) electrons. The number of carbonyl (C=O) groups excluding carboxylic acids is 2. The second-order valence-corrected chi connectivity index (χ2v) is 5.86. The van der Waals surface area contributed by atoms with Crippen molar-refractivity contribution in [2.24, 2.45) is 0 Å². The van der Waals surface area contributed by atoms with E-state index < -0.39 is 11.7 Å². The van der Waals surface area contributed by atoms with Gasteiger partial charge in [0.1, 0.15) is 5.82 Å². The van der Waals surface area contributed by atoms with Gasteiger partial charge in [-0.2, -0.15) is 0 Å². The molecule has 3 heterocycles. The van der Waals surface area contributed by atoms with Crippen LogP contribution >= 0.6 is 0 Å². The summed E-state index contributed by atoms with van der Waals surface area (Å²) in [5.74, 6) is -1.29. The Morgan fingerprint density at radius 2 is 2.21 bits per heavy atom. The Morgan fingerprint density at radius 1 is 1.33 bits per heavy atom. The van der Waals surface area contributed by atoms with Gasteiger partial charge in [0.2, 0.25) is 0 Å². The van der Waals surface area contributed by atoms with E-state index in [-0.39, 0.29) is 17.3 Å². The Bertz CT molecular complexity index is 845. The highest BCUT2D eigenvalue weighted by molar-refractivity contribution is 6.05. The molecule has 1 aromatic heterocycles. The monoisotopic (exact) mass is 329 g/mol. The second-order valence-electron chi connectivity index (χ2n) is 5.86. The molecule has 0 saturated heterocycles. The van der Waals surface area contributed by atoms with Gasteiger partial charge in [-0.15, -0.1) is 0 Å². The Balaban J connectivity index is 1.63. The zero-order valence-electron chi connectivity index (χ0n) is 12.9. The van der Waals surface area contributed by atoms with Gasteiger partial charge in [-0.25, -0.2) is 9.37 Å². The van der Waals surface area contributed by atoms with Crippen LogP contribution in [0.4, 0.5) is 10.1 Å². The van der Waals surface area contributed by atoms with Crippen molar-refractivity contribution in [1.82, 2.24) is 20.2 Å². The first kappa shape index (κ1) is 14.8. The first-order chi connectivity index (χ1) is 11.6. The number of anilines is 1. The molecule has 3 N–H and O–H groups in total. The van der Waals surface area contributed by atoms with Crippen LogP contribution in [0.1, 0.15) is 32.1 Å². The minimum atomic E-state index is -0.553. The van der Waals surface area contributed by atoms with Crippen LogP contribution in [0.2, 0.25) is 0 Å². The first-order valence-electron chi connectivity index (χ1n) is 7.80. The molecule has 2 amide bonds. The first-order valence-corrected chi connectivity index (χ1v) is 7.80. The minimum Gasteiger partial charge on any atom is -0.352 e. The third kappa shape index (κ3) is 2.44. The van der Waals surface area contributed by atoms with E-state index in [1.807, 2.05) is 4.57 Å². The van der Waals surface area contributed by atoms with Crippen molar-refractivity contribution in [3.05, 3.63) is 46.8 Å². The third-order valence-corrected chi connectivity index (χ3v) is 4.35. The fraction of sp³-hybridized carbons (Fsp3) is 0.312. The second kappa shape index (κ2) is 5.72. The molecule has 124 valence electrons. The van der Waals surface area contributed by atoms with Crippen molar-refractivity contribution >= 4 is 17.5 Å². The number of nitrogens with one attached hydrogen (secondary N) is 3. The van der Waals surface area contributed by atoms with Crippen molar-refractivity contribution in [3.8, 4) is 0 Å². The topological polar surface area (TPSA) is 88.1 Å². The van der Waals surface area contributed by atoms with Crippen LogP contribution < -0.4 is 16.0 Å². The number of nitrogens with zero attached hydrogens (tertiary/aromatic N) is 2. The highest BCUT2D eigenvalue weighted by atomic mass is 19.1. The van der Waals surface area contributed by atoms with Crippen LogP contribution in [0.25, 0.3) is 0 Å². The molecule has 2 aliphatic heterocycles. The number of amides is 2. The van der Waals surface area contributed by atoms with Gasteiger partial charge in [0.15, 0.2) is 5.69 Å². The smallest absolute Gasteiger partial charge is 0.276 e. The Morgan fingerprint density at radius 3 is 3.08 bits per heavy atom. The standard InChI is InChI=1S/C16H16FN5O2/c17-11-5-9-1-2-19-15(23)10(9)6-12(11)21-16(24)14-13-7-18-3-4-22(13)8-20-14/h5-6,8,18H,1-4,7H2,(H,19,23)(H,21,24). The number of fused-ring (bicyclic) bond motifs is 2. The molecule has 0 atom stereocenters. The maximum Gasteiger partial charge on any atom is 0.276 e. The lowest BCUT2D eigenvalue weighted by atomic mass is 9.99. The average molecular weight is 329 g/mol. The van der Waals surface area contributed by atoms with Gasteiger partial charge in [0, 0.05) is 31.7 Å². The Kier molecular flexibility index (Phi) is 3.53. The van der Waals surface area contributed by atoms with E-state index >= 15 is 0 Å². The largest absolute Gasteiger partial charge is 0.352 e. The normalized spacial score (nSPS) is 16.1. The van der Waals surface area contributed by atoms with E-state index in [1.54, 1.807) is 6.33 Å². The summed E-state index contributed by atoms with van der Waals surface area (Å²) < 4.78 is 16.2. The molecule has 4 rings (SSSR count). The van der Waals surface area contributed by atoms with E-state index in [2.05, 4.69) is 20.9 Å². The van der Waals surface area contributed by atoms with Gasteiger partial charge in [-0.1, -0.05) is 0 Å². The maximum absolute atomic E-state index is 14.3. The molecule has 2 aromatic rings. The number of imidazole rings is 1. The summed E-state index contributed by atoms with van der Waals surface area (Å²) in [5.41, 5.74) is 2.07. The number of hydrogen-bond donors (Lipinski definition) is 3. The van der Waals surface area contributed by atoms with Crippen LogP contribution in [0.5, 0.6) is 0 Å². The summed E-state index contributed by atoms with van der Waals surface area (Å²) in [6.45, 7) is 2.59. The van der Waals surface area contributed by atoms with Crippen LogP contribution in [0.3, 0.4) is 0 Å². The Hall–Kier alpha value is -2.74. The molecule has 0 spiro atoms. The van der Waals surface area contributed by atoms with Gasteiger partial charge in [-0.3, -0.25) is 9.59 Å². The van der Waals surface area contributed by atoms with Gasteiger partial charge in [0.05, 0.1) is 17.7 Å². The molecule has 0 unspecified atom stereocenters. The van der Waals surface area contributed by atoms with Crippen LogP contribution in [0, 0.1) is 5.82 Å². The zero-order valence-corrected chi connectivity index (χ0v) is 12.9. The van der Waals surface area contributed by atoms with Crippen molar-refractivity contribution in [1.29, 1.82) is 0 Å². The van der Waals surface area contributed by atoms with E-state index in [0.29, 0.717) is 30.6 Å². The van der Waals surface area contributed by atoms with Gasteiger partial charge in [-0.05, 0) is 24.1 Å². The Labute approximate surface area is 137 Å². The quantitative estimate of drug-likeness (QED) is 0.755. The zero-order chi connectivity index (χ0) is 16.7. The summed E-state index contributed by atoms with van der Waals surface area (Å²) in [4.78, 5) is 28.5. The van der Waals surface area contributed by atoms with E-state index in [9.17, 15) is 14.0 Å². The molecule has 24 heavy (non-hydrogen) atoms. The highest BCUT2D eigenvalue weighted by Gasteiger charge is 2.23. The van der Waals surface area contributed by atoms with E-state index in [0.717, 1.165) is 18.8 Å². The lowest BCUT2D eigenvalue weighted by molar-refractivity contribution is 0.0944. The number of benzene rings is 1. The molecule has 0 saturated carbocycles.